The molecule has 0 bridgehead atoms. The third kappa shape index (κ3) is 4.27. The van der Waals surface area contributed by atoms with E-state index in [0.717, 1.165) is 31.5 Å². The second-order valence-electron chi connectivity index (χ2n) is 4.46. The van der Waals surface area contributed by atoms with E-state index in [1.807, 2.05) is 0 Å². The number of benzene rings is 1. The molecule has 4 nitrogen and oxygen atoms in total. The first kappa shape index (κ1) is 14.3. The molecule has 0 radical (unpaired) electrons. The van der Waals surface area contributed by atoms with Gasteiger partial charge in [0.2, 0.25) is 0 Å². The van der Waals surface area contributed by atoms with Gasteiger partial charge in [-0.3, -0.25) is 0 Å². The Morgan fingerprint density at radius 2 is 2.22 bits per heavy atom. The van der Waals surface area contributed by atoms with E-state index in [-0.39, 0.29) is 6.61 Å². The number of hydrogen-bond donors (Lipinski definition) is 3. The van der Waals surface area contributed by atoms with Crippen molar-refractivity contribution in [2.45, 2.75) is 26.2 Å². The molecule has 0 aliphatic rings. The molecule has 0 heterocycles. The van der Waals surface area contributed by atoms with Gasteiger partial charge in [0.25, 0.3) is 0 Å². The third-order valence-corrected chi connectivity index (χ3v) is 3.00. The minimum atomic E-state index is 0.208. The number of hydrogen-bond acceptors (Lipinski definition) is 4. The lowest BCUT2D eigenvalue weighted by Crippen LogP contribution is -2.16. The largest absolute Gasteiger partial charge is 0.397 e. The van der Waals surface area contributed by atoms with Gasteiger partial charge >= 0.3 is 0 Å². The Morgan fingerprint density at radius 3 is 2.83 bits per heavy atom. The first-order valence-corrected chi connectivity index (χ1v) is 6.35. The Kier molecular flexibility index (Phi) is 6.03. The van der Waals surface area contributed by atoms with Crippen LogP contribution < -0.4 is 11.1 Å². The molecule has 4 N–H and O–H groups in total. The zero-order valence-electron chi connectivity index (χ0n) is 10.8. The second kappa shape index (κ2) is 7.57. The number of anilines is 2. The highest BCUT2D eigenvalue weighted by molar-refractivity contribution is 5.68. The molecule has 0 saturated heterocycles. The molecule has 0 amide bonds. The van der Waals surface area contributed by atoms with Gasteiger partial charge in [-0.15, -0.1) is 0 Å². The number of nitrogen functional groups attached to an aromatic ring is 1. The van der Waals surface area contributed by atoms with Gasteiger partial charge < -0.3 is 16.2 Å². The zero-order valence-corrected chi connectivity index (χ0v) is 10.8. The Balaban J connectivity index is 2.63. The number of nitrogens with one attached hydrogen (secondary N) is 1. The number of rotatable bonds is 7. The van der Waals surface area contributed by atoms with Crippen molar-refractivity contribution in [1.29, 1.82) is 5.26 Å². The van der Waals surface area contributed by atoms with E-state index in [9.17, 15) is 0 Å². The number of aliphatic hydroxyl groups excluding tert-OH is 1. The monoisotopic (exact) mass is 247 g/mol. The molecule has 1 aromatic rings. The van der Waals surface area contributed by atoms with Gasteiger partial charge in [-0.1, -0.05) is 13.3 Å². The van der Waals surface area contributed by atoms with Gasteiger partial charge in [-0.05, 0) is 37.0 Å². The summed E-state index contributed by atoms with van der Waals surface area (Å²) in [5, 5.41) is 21.1. The molecule has 0 aromatic heterocycles. The van der Waals surface area contributed by atoms with Crippen LogP contribution >= 0.6 is 0 Å². The number of aliphatic hydroxyl groups is 1. The number of nitriles is 1. The average molecular weight is 247 g/mol. The summed E-state index contributed by atoms with van der Waals surface area (Å²) < 4.78 is 0. The van der Waals surface area contributed by atoms with Crippen molar-refractivity contribution in [2.75, 3.05) is 24.2 Å². The molecule has 18 heavy (non-hydrogen) atoms. The normalized spacial score (nSPS) is 11.8. The van der Waals surface area contributed by atoms with Crippen LogP contribution in [0.4, 0.5) is 11.4 Å². The van der Waals surface area contributed by atoms with Gasteiger partial charge in [0.15, 0.2) is 0 Å². The van der Waals surface area contributed by atoms with Crippen LogP contribution in [0.25, 0.3) is 0 Å². The first-order valence-electron chi connectivity index (χ1n) is 6.35. The topological polar surface area (TPSA) is 82.1 Å². The Bertz CT molecular complexity index is 406. The van der Waals surface area contributed by atoms with Crippen molar-refractivity contribution in [3.05, 3.63) is 23.8 Å². The maximum atomic E-state index is 9.00. The fourth-order valence-corrected chi connectivity index (χ4v) is 1.97. The molecular formula is C14H21N3O. The molecule has 1 aromatic carbocycles. The molecule has 0 saturated carbocycles. The van der Waals surface area contributed by atoms with Crippen molar-refractivity contribution < 1.29 is 5.11 Å². The molecule has 4 heteroatoms. The third-order valence-electron chi connectivity index (χ3n) is 3.00. The zero-order chi connectivity index (χ0) is 13.4. The molecule has 1 unspecified atom stereocenters. The van der Waals surface area contributed by atoms with Crippen LogP contribution in [-0.4, -0.2) is 18.3 Å². The minimum absolute atomic E-state index is 0.208. The molecular weight excluding hydrogens is 226 g/mol. The number of nitrogens with two attached hydrogens (primary N) is 1. The van der Waals surface area contributed by atoms with Crippen LogP contribution in [0.5, 0.6) is 0 Å². The summed E-state index contributed by atoms with van der Waals surface area (Å²) >= 11 is 0. The molecule has 98 valence electrons. The van der Waals surface area contributed by atoms with E-state index in [2.05, 4.69) is 18.3 Å². The number of nitrogens with zero attached hydrogens (tertiary/aromatic N) is 1. The maximum Gasteiger partial charge on any atom is 0.0992 e. The lowest BCUT2D eigenvalue weighted by Gasteiger charge is -2.17. The summed E-state index contributed by atoms with van der Waals surface area (Å²) in [6.45, 7) is 3.11. The molecule has 1 atom stereocenters. The van der Waals surface area contributed by atoms with Crippen LogP contribution in [0, 0.1) is 17.2 Å². The first-order chi connectivity index (χ1) is 8.71. The van der Waals surface area contributed by atoms with Crippen molar-refractivity contribution in [1.82, 2.24) is 0 Å². The quantitative estimate of drug-likeness (QED) is 0.646. The fraction of sp³-hybridized carbons (Fsp3) is 0.500. The van der Waals surface area contributed by atoms with Gasteiger partial charge in [0, 0.05) is 13.2 Å². The predicted molar refractivity (Wildman–Crippen MR) is 74.2 cm³/mol. The van der Waals surface area contributed by atoms with Crippen LogP contribution in [-0.2, 0) is 0 Å². The Labute approximate surface area is 108 Å². The Hall–Kier alpha value is -1.73. The lowest BCUT2D eigenvalue weighted by atomic mass is 10.00. The van der Waals surface area contributed by atoms with Crippen molar-refractivity contribution in [2.24, 2.45) is 5.92 Å². The highest BCUT2D eigenvalue weighted by atomic mass is 16.3. The summed E-state index contributed by atoms with van der Waals surface area (Å²) in [6.07, 6.45) is 2.96. The van der Waals surface area contributed by atoms with Crippen LogP contribution in [0.15, 0.2) is 18.2 Å². The summed E-state index contributed by atoms with van der Waals surface area (Å²) in [6, 6.07) is 7.30. The summed E-state index contributed by atoms with van der Waals surface area (Å²) in [5.74, 6) is 0.435. The lowest BCUT2D eigenvalue weighted by molar-refractivity contribution is 0.255. The van der Waals surface area contributed by atoms with Crippen LogP contribution in [0.2, 0.25) is 0 Å². The average Bonchev–Trinajstić information content (AvgIpc) is 2.38. The SMILES string of the molecule is CCCC(CCO)CNc1cc(C#N)ccc1N. The van der Waals surface area contributed by atoms with Crippen molar-refractivity contribution >= 4 is 11.4 Å². The molecule has 0 aliphatic carbocycles. The van der Waals surface area contributed by atoms with Gasteiger partial charge in [0.1, 0.15) is 0 Å². The van der Waals surface area contributed by atoms with Crippen LogP contribution in [0.3, 0.4) is 0 Å². The molecule has 0 fully saturated rings. The summed E-state index contributed by atoms with van der Waals surface area (Å²) in [4.78, 5) is 0. The van der Waals surface area contributed by atoms with Gasteiger partial charge in [-0.25, -0.2) is 0 Å². The van der Waals surface area contributed by atoms with E-state index in [4.69, 9.17) is 16.1 Å². The van der Waals surface area contributed by atoms with Crippen molar-refractivity contribution in [3.8, 4) is 6.07 Å². The minimum Gasteiger partial charge on any atom is -0.397 e. The highest BCUT2D eigenvalue weighted by Gasteiger charge is 2.08. The molecule has 1 rings (SSSR count). The van der Waals surface area contributed by atoms with E-state index >= 15 is 0 Å². The molecule has 0 spiro atoms. The smallest absolute Gasteiger partial charge is 0.0992 e. The fourth-order valence-electron chi connectivity index (χ4n) is 1.97. The van der Waals surface area contributed by atoms with Crippen LogP contribution in [0.1, 0.15) is 31.7 Å². The molecule has 0 aliphatic heterocycles. The summed E-state index contributed by atoms with van der Waals surface area (Å²) in [7, 11) is 0. The van der Waals surface area contributed by atoms with E-state index in [1.165, 1.54) is 0 Å². The van der Waals surface area contributed by atoms with E-state index in [0.29, 0.717) is 17.2 Å². The standard InChI is InChI=1S/C14H21N3O/c1-2-3-11(6-7-18)10-17-14-8-12(9-15)4-5-13(14)16/h4-5,8,11,17-18H,2-3,6-7,10,16H2,1H3. The second-order valence-corrected chi connectivity index (χ2v) is 4.46. The van der Waals surface area contributed by atoms with Gasteiger partial charge in [0.05, 0.1) is 23.0 Å². The summed E-state index contributed by atoms with van der Waals surface area (Å²) in [5.41, 5.74) is 7.90. The van der Waals surface area contributed by atoms with Gasteiger partial charge in [-0.2, -0.15) is 5.26 Å². The maximum absolute atomic E-state index is 9.00. The van der Waals surface area contributed by atoms with E-state index < -0.39 is 0 Å². The van der Waals surface area contributed by atoms with E-state index in [1.54, 1.807) is 18.2 Å². The highest BCUT2D eigenvalue weighted by Crippen LogP contribution is 2.21. The predicted octanol–water partition coefficient (Wildman–Crippen LogP) is 2.35. The van der Waals surface area contributed by atoms with Crippen molar-refractivity contribution in [3.63, 3.8) is 0 Å². The Morgan fingerprint density at radius 1 is 1.44 bits per heavy atom.